The molecule has 3 rings (SSSR count). The molecule has 1 amide bonds. The Kier molecular flexibility index (Phi) is 6.85. The molecular weight excluding hydrogens is 384 g/mol. The van der Waals surface area contributed by atoms with Gasteiger partial charge in [0.15, 0.2) is 6.61 Å². The standard InChI is InChI=1S/C23H24N2O5/c1-15-9-10-19(16(2)13-15)28-12-11-24-20(26)14-29-23(27)21-17(3)30-25-22(21)18-7-5-4-6-8-18/h4-10,13H,11-12,14H2,1-3H3,(H,24,26). The zero-order valence-corrected chi connectivity index (χ0v) is 17.2. The highest BCUT2D eigenvalue weighted by Gasteiger charge is 2.23. The van der Waals surface area contributed by atoms with Gasteiger partial charge in [0.05, 0.1) is 6.54 Å². The molecule has 0 bridgehead atoms. The van der Waals surface area contributed by atoms with Gasteiger partial charge in [0, 0.05) is 5.56 Å². The average molecular weight is 408 g/mol. The third-order valence-electron chi connectivity index (χ3n) is 4.46. The fraction of sp³-hybridized carbons (Fsp3) is 0.261. The number of carbonyl (C=O) groups excluding carboxylic acids is 2. The molecule has 0 saturated heterocycles. The number of carbonyl (C=O) groups is 2. The van der Waals surface area contributed by atoms with Crippen LogP contribution in [0.15, 0.2) is 53.1 Å². The lowest BCUT2D eigenvalue weighted by molar-refractivity contribution is -0.124. The summed E-state index contributed by atoms with van der Waals surface area (Å²) in [5.74, 6) is 0.0380. The lowest BCUT2D eigenvalue weighted by Gasteiger charge is -2.10. The van der Waals surface area contributed by atoms with Gasteiger partial charge in [0.25, 0.3) is 5.91 Å². The zero-order valence-electron chi connectivity index (χ0n) is 17.2. The van der Waals surface area contributed by atoms with E-state index < -0.39 is 18.5 Å². The highest BCUT2D eigenvalue weighted by atomic mass is 16.5. The molecule has 0 spiro atoms. The summed E-state index contributed by atoms with van der Waals surface area (Å²) in [7, 11) is 0. The van der Waals surface area contributed by atoms with Crippen molar-refractivity contribution in [2.24, 2.45) is 0 Å². The van der Waals surface area contributed by atoms with Crippen LogP contribution in [-0.2, 0) is 9.53 Å². The van der Waals surface area contributed by atoms with Crippen molar-refractivity contribution >= 4 is 11.9 Å². The minimum atomic E-state index is -0.658. The van der Waals surface area contributed by atoms with Crippen molar-refractivity contribution in [1.29, 1.82) is 0 Å². The summed E-state index contributed by atoms with van der Waals surface area (Å²) in [5.41, 5.74) is 3.53. The molecule has 3 aromatic rings. The second-order valence-corrected chi connectivity index (χ2v) is 6.87. The quantitative estimate of drug-likeness (QED) is 0.452. The Morgan fingerprint density at radius 2 is 1.83 bits per heavy atom. The number of esters is 1. The molecule has 7 heteroatoms. The van der Waals surface area contributed by atoms with E-state index in [0.29, 0.717) is 24.6 Å². The van der Waals surface area contributed by atoms with Crippen LogP contribution in [0.25, 0.3) is 11.3 Å². The topological polar surface area (TPSA) is 90.7 Å². The summed E-state index contributed by atoms with van der Waals surface area (Å²) >= 11 is 0. The van der Waals surface area contributed by atoms with E-state index in [1.54, 1.807) is 6.92 Å². The van der Waals surface area contributed by atoms with Crippen LogP contribution < -0.4 is 10.1 Å². The molecule has 0 aliphatic carbocycles. The number of rotatable bonds is 8. The summed E-state index contributed by atoms with van der Waals surface area (Å²) in [6.07, 6.45) is 0. The van der Waals surface area contributed by atoms with E-state index in [0.717, 1.165) is 22.4 Å². The van der Waals surface area contributed by atoms with Gasteiger partial charge < -0.3 is 19.3 Å². The van der Waals surface area contributed by atoms with Gasteiger partial charge in [-0.1, -0.05) is 53.2 Å². The average Bonchev–Trinajstić information content (AvgIpc) is 3.13. The first-order valence-corrected chi connectivity index (χ1v) is 9.61. The molecule has 0 aliphatic heterocycles. The number of ether oxygens (including phenoxy) is 2. The number of aromatic nitrogens is 1. The molecule has 0 atom stereocenters. The Morgan fingerprint density at radius 3 is 2.57 bits per heavy atom. The van der Waals surface area contributed by atoms with Gasteiger partial charge >= 0.3 is 5.97 Å². The minimum absolute atomic E-state index is 0.215. The van der Waals surface area contributed by atoms with Crippen LogP contribution in [0.4, 0.5) is 0 Å². The summed E-state index contributed by atoms with van der Waals surface area (Å²) in [6, 6.07) is 15.1. The van der Waals surface area contributed by atoms with Crippen LogP contribution in [-0.4, -0.2) is 36.8 Å². The predicted molar refractivity (Wildman–Crippen MR) is 111 cm³/mol. The van der Waals surface area contributed by atoms with E-state index in [4.69, 9.17) is 14.0 Å². The lowest BCUT2D eigenvalue weighted by atomic mass is 10.1. The first-order valence-electron chi connectivity index (χ1n) is 9.61. The van der Waals surface area contributed by atoms with E-state index in [9.17, 15) is 9.59 Å². The van der Waals surface area contributed by atoms with E-state index in [1.807, 2.05) is 62.4 Å². The third-order valence-corrected chi connectivity index (χ3v) is 4.46. The van der Waals surface area contributed by atoms with Crippen molar-refractivity contribution in [3.63, 3.8) is 0 Å². The van der Waals surface area contributed by atoms with E-state index >= 15 is 0 Å². The Labute approximate surface area is 175 Å². The predicted octanol–water partition coefficient (Wildman–Crippen LogP) is 3.62. The summed E-state index contributed by atoms with van der Waals surface area (Å²) in [6.45, 7) is 5.82. The summed E-state index contributed by atoms with van der Waals surface area (Å²) < 4.78 is 16.0. The fourth-order valence-corrected chi connectivity index (χ4v) is 2.97. The molecule has 1 aromatic heterocycles. The van der Waals surface area contributed by atoms with Crippen molar-refractivity contribution in [3.05, 3.63) is 71.0 Å². The van der Waals surface area contributed by atoms with Gasteiger partial charge in [0.1, 0.15) is 29.4 Å². The van der Waals surface area contributed by atoms with Crippen LogP contribution in [0, 0.1) is 20.8 Å². The molecule has 0 unspecified atom stereocenters. The fourth-order valence-electron chi connectivity index (χ4n) is 2.97. The van der Waals surface area contributed by atoms with Crippen molar-refractivity contribution in [2.45, 2.75) is 20.8 Å². The smallest absolute Gasteiger partial charge is 0.344 e. The Balaban J connectivity index is 1.47. The monoisotopic (exact) mass is 408 g/mol. The van der Waals surface area contributed by atoms with Gasteiger partial charge in [-0.25, -0.2) is 4.79 Å². The Hall–Kier alpha value is -3.61. The van der Waals surface area contributed by atoms with Gasteiger partial charge in [-0.05, 0) is 32.4 Å². The van der Waals surface area contributed by atoms with Gasteiger partial charge in [0.2, 0.25) is 0 Å². The molecule has 1 heterocycles. The van der Waals surface area contributed by atoms with E-state index in [2.05, 4.69) is 10.5 Å². The number of hydrogen-bond acceptors (Lipinski definition) is 6. The van der Waals surface area contributed by atoms with Gasteiger partial charge in [-0.3, -0.25) is 4.79 Å². The SMILES string of the molecule is Cc1ccc(OCCNC(=O)COC(=O)c2c(-c3ccccc3)noc2C)c(C)c1. The van der Waals surface area contributed by atoms with Gasteiger partial charge in [-0.2, -0.15) is 0 Å². The van der Waals surface area contributed by atoms with E-state index in [1.165, 1.54) is 0 Å². The number of hydrogen-bond donors (Lipinski definition) is 1. The van der Waals surface area contributed by atoms with Crippen molar-refractivity contribution in [1.82, 2.24) is 10.5 Å². The highest BCUT2D eigenvalue weighted by Crippen LogP contribution is 2.25. The largest absolute Gasteiger partial charge is 0.491 e. The lowest BCUT2D eigenvalue weighted by Crippen LogP contribution is -2.32. The number of nitrogens with one attached hydrogen (secondary N) is 1. The van der Waals surface area contributed by atoms with Crippen molar-refractivity contribution < 1.29 is 23.6 Å². The van der Waals surface area contributed by atoms with Gasteiger partial charge in [-0.15, -0.1) is 0 Å². The summed E-state index contributed by atoms with van der Waals surface area (Å²) in [4.78, 5) is 24.5. The normalized spacial score (nSPS) is 10.5. The van der Waals surface area contributed by atoms with Crippen LogP contribution in [0.1, 0.15) is 27.2 Å². The number of nitrogens with zero attached hydrogens (tertiary/aromatic N) is 1. The first kappa shape index (κ1) is 21.1. The van der Waals surface area contributed by atoms with Crippen LogP contribution in [0.3, 0.4) is 0 Å². The Bertz CT molecular complexity index is 1030. The summed E-state index contributed by atoms with van der Waals surface area (Å²) in [5, 5.41) is 6.61. The maximum atomic E-state index is 12.5. The van der Waals surface area contributed by atoms with Crippen molar-refractivity contribution in [2.75, 3.05) is 19.8 Å². The maximum Gasteiger partial charge on any atom is 0.344 e. The third kappa shape index (κ3) is 5.26. The molecule has 0 radical (unpaired) electrons. The molecule has 0 aliphatic rings. The molecule has 0 saturated carbocycles. The molecule has 7 nitrogen and oxygen atoms in total. The first-order chi connectivity index (χ1) is 14.5. The number of benzene rings is 2. The molecule has 2 aromatic carbocycles. The molecule has 156 valence electrons. The number of amides is 1. The second-order valence-electron chi connectivity index (χ2n) is 6.87. The second kappa shape index (κ2) is 9.73. The highest BCUT2D eigenvalue weighted by molar-refractivity contribution is 5.98. The minimum Gasteiger partial charge on any atom is -0.491 e. The maximum absolute atomic E-state index is 12.5. The number of aryl methyl sites for hydroxylation is 3. The molecular formula is C23H24N2O5. The molecule has 30 heavy (non-hydrogen) atoms. The van der Waals surface area contributed by atoms with Crippen LogP contribution in [0.2, 0.25) is 0 Å². The zero-order chi connectivity index (χ0) is 21.5. The van der Waals surface area contributed by atoms with E-state index in [-0.39, 0.29) is 5.56 Å². The van der Waals surface area contributed by atoms with Crippen LogP contribution >= 0.6 is 0 Å². The Morgan fingerprint density at radius 1 is 1.07 bits per heavy atom. The van der Waals surface area contributed by atoms with Crippen LogP contribution in [0.5, 0.6) is 5.75 Å². The molecule has 0 fully saturated rings. The van der Waals surface area contributed by atoms with Crippen molar-refractivity contribution in [3.8, 4) is 17.0 Å². The molecule has 1 N–H and O–H groups in total.